The van der Waals surface area contributed by atoms with E-state index >= 15 is 0 Å². The van der Waals surface area contributed by atoms with Crippen LogP contribution in [-0.4, -0.2) is 12.1 Å². The van der Waals surface area contributed by atoms with Crippen LogP contribution in [0.25, 0.3) is 23.1 Å². The molecule has 110 valence electrons. The molecular weight excluding hydrogens is 302 g/mol. The standard InChI is InChI=1S/C17H12ClNO3/c1-21-15-8-7-12(18)10-11(15)6-9-16-19-14-5-3-2-4-13(14)17(20)22-16/h2-10H,1H3/b9-6+. The molecule has 0 amide bonds. The molecule has 0 saturated heterocycles. The fourth-order valence-electron chi connectivity index (χ4n) is 2.10. The van der Waals surface area contributed by atoms with Crippen LogP contribution in [0.2, 0.25) is 5.02 Å². The van der Waals surface area contributed by atoms with Gasteiger partial charge in [0.25, 0.3) is 0 Å². The van der Waals surface area contributed by atoms with Gasteiger partial charge in [0.2, 0.25) is 5.89 Å². The van der Waals surface area contributed by atoms with E-state index in [2.05, 4.69) is 4.98 Å². The Labute approximate surface area is 131 Å². The van der Waals surface area contributed by atoms with Gasteiger partial charge in [-0.25, -0.2) is 9.78 Å². The Balaban J connectivity index is 2.03. The lowest BCUT2D eigenvalue weighted by atomic mass is 10.2. The molecule has 0 spiro atoms. The molecule has 0 unspecified atom stereocenters. The van der Waals surface area contributed by atoms with Crippen LogP contribution >= 0.6 is 11.6 Å². The van der Waals surface area contributed by atoms with Crippen molar-refractivity contribution in [3.05, 3.63) is 69.4 Å². The van der Waals surface area contributed by atoms with E-state index in [1.165, 1.54) is 0 Å². The van der Waals surface area contributed by atoms with E-state index in [4.69, 9.17) is 20.8 Å². The van der Waals surface area contributed by atoms with Crippen LogP contribution in [0.1, 0.15) is 11.5 Å². The summed E-state index contributed by atoms with van der Waals surface area (Å²) in [5, 5.41) is 1.05. The summed E-state index contributed by atoms with van der Waals surface area (Å²) in [6.07, 6.45) is 3.35. The molecule has 1 aromatic heterocycles. The second-order valence-electron chi connectivity index (χ2n) is 4.58. The summed E-state index contributed by atoms with van der Waals surface area (Å²) in [5.74, 6) is 0.898. The van der Waals surface area contributed by atoms with Crippen molar-refractivity contribution in [1.29, 1.82) is 0 Å². The molecule has 4 nitrogen and oxygen atoms in total. The Kier molecular flexibility index (Phi) is 3.94. The summed E-state index contributed by atoms with van der Waals surface area (Å²) in [5.41, 5.74) is 0.951. The molecule has 0 aliphatic carbocycles. The number of methoxy groups -OCH3 is 1. The number of halogens is 1. The van der Waals surface area contributed by atoms with Gasteiger partial charge in [0, 0.05) is 16.7 Å². The van der Waals surface area contributed by atoms with Crippen LogP contribution in [0, 0.1) is 0 Å². The van der Waals surface area contributed by atoms with Gasteiger partial charge in [0.05, 0.1) is 18.0 Å². The maximum absolute atomic E-state index is 11.9. The van der Waals surface area contributed by atoms with Crippen LogP contribution in [0.15, 0.2) is 51.7 Å². The van der Waals surface area contributed by atoms with Gasteiger partial charge >= 0.3 is 5.63 Å². The average molecular weight is 314 g/mol. The van der Waals surface area contributed by atoms with Gasteiger partial charge in [-0.05, 0) is 36.4 Å². The number of aromatic nitrogens is 1. The molecule has 0 atom stereocenters. The molecule has 0 N–H and O–H groups in total. The Morgan fingerprint density at radius 3 is 2.82 bits per heavy atom. The maximum atomic E-state index is 11.9. The van der Waals surface area contributed by atoms with E-state index < -0.39 is 5.63 Å². The van der Waals surface area contributed by atoms with Gasteiger partial charge < -0.3 is 9.15 Å². The lowest BCUT2D eigenvalue weighted by Gasteiger charge is -2.04. The number of ether oxygens (including phenoxy) is 1. The summed E-state index contributed by atoms with van der Waals surface area (Å²) < 4.78 is 10.4. The SMILES string of the molecule is COc1ccc(Cl)cc1/C=C/c1nc2ccccc2c(=O)o1. The lowest BCUT2D eigenvalue weighted by molar-refractivity contribution is 0.414. The number of nitrogens with zero attached hydrogens (tertiary/aromatic N) is 1. The van der Waals surface area contributed by atoms with Gasteiger partial charge in [-0.15, -0.1) is 0 Å². The minimum atomic E-state index is -0.414. The molecule has 0 fully saturated rings. The van der Waals surface area contributed by atoms with Gasteiger partial charge in [-0.2, -0.15) is 0 Å². The number of hydrogen-bond acceptors (Lipinski definition) is 4. The Hall–Kier alpha value is -2.59. The van der Waals surface area contributed by atoms with Crippen molar-refractivity contribution in [3.63, 3.8) is 0 Å². The Bertz CT molecular complexity index is 915. The third kappa shape index (κ3) is 2.87. The number of fused-ring (bicyclic) bond motifs is 1. The van der Waals surface area contributed by atoms with Crippen molar-refractivity contribution in [2.45, 2.75) is 0 Å². The molecular formula is C17H12ClNO3. The van der Waals surface area contributed by atoms with Gasteiger partial charge in [-0.1, -0.05) is 23.7 Å². The number of hydrogen-bond donors (Lipinski definition) is 0. The first-order valence-electron chi connectivity index (χ1n) is 6.59. The largest absolute Gasteiger partial charge is 0.496 e. The lowest BCUT2D eigenvalue weighted by Crippen LogP contribution is -2.02. The first-order valence-corrected chi connectivity index (χ1v) is 6.96. The summed E-state index contributed by atoms with van der Waals surface area (Å²) in [4.78, 5) is 16.2. The summed E-state index contributed by atoms with van der Waals surface area (Å²) in [6.45, 7) is 0. The molecule has 22 heavy (non-hydrogen) atoms. The molecule has 1 heterocycles. The van der Waals surface area contributed by atoms with Crippen LogP contribution in [0.3, 0.4) is 0 Å². The van der Waals surface area contributed by atoms with Crippen LogP contribution in [0.4, 0.5) is 0 Å². The van der Waals surface area contributed by atoms with Crippen LogP contribution in [-0.2, 0) is 0 Å². The minimum absolute atomic E-state index is 0.228. The predicted octanol–water partition coefficient (Wildman–Crippen LogP) is 4.02. The molecule has 0 aliphatic rings. The number of benzene rings is 2. The molecule has 5 heteroatoms. The van der Waals surface area contributed by atoms with Crippen molar-refractivity contribution in [2.75, 3.05) is 7.11 Å². The van der Waals surface area contributed by atoms with E-state index in [0.717, 1.165) is 5.56 Å². The number of rotatable bonds is 3. The Morgan fingerprint density at radius 1 is 1.18 bits per heavy atom. The van der Waals surface area contributed by atoms with Crippen molar-refractivity contribution < 1.29 is 9.15 Å². The topological polar surface area (TPSA) is 52.3 Å². The Morgan fingerprint density at radius 2 is 2.00 bits per heavy atom. The summed E-state index contributed by atoms with van der Waals surface area (Å²) >= 11 is 5.98. The zero-order valence-corrected chi connectivity index (χ0v) is 12.5. The van der Waals surface area contributed by atoms with E-state index in [-0.39, 0.29) is 5.89 Å². The average Bonchev–Trinajstić information content (AvgIpc) is 2.53. The van der Waals surface area contributed by atoms with Crippen molar-refractivity contribution >= 4 is 34.7 Å². The highest BCUT2D eigenvalue weighted by atomic mass is 35.5. The molecule has 0 radical (unpaired) electrons. The van der Waals surface area contributed by atoms with Gasteiger partial charge in [-0.3, -0.25) is 0 Å². The van der Waals surface area contributed by atoms with Crippen LogP contribution < -0.4 is 10.4 Å². The zero-order valence-electron chi connectivity index (χ0n) is 11.7. The second-order valence-corrected chi connectivity index (χ2v) is 5.01. The minimum Gasteiger partial charge on any atom is -0.496 e. The normalized spacial score (nSPS) is 11.2. The first-order chi connectivity index (χ1) is 10.7. The highest BCUT2D eigenvalue weighted by Gasteiger charge is 2.04. The monoisotopic (exact) mass is 313 g/mol. The highest BCUT2D eigenvalue weighted by Crippen LogP contribution is 2.24. The van der Waals surface area contributed by atoms with E-state index in [0.29, 0.717) is 21.7 Å². The van der Waals surface area contributed by atoms with Crippen molar-refractivity contribution in [2.24, 2.45) is 0 Å². The second kappa shape index (κ2) is 6.03. The molecule has 2 aromatic carbocycles. The van der Waals surface area contributed by atoms with E-state index in [1.807, 2.05) is 6.07 Å². The molecule has 0 bridgehead atoms. The zero-order chi connectivity index (χ0) is 15.5. The van der Waals surface area contributed by atoms with E-state index in [9.17, 15) is 4.79 Å². The van der Waals surface area contributed by atoms with Gasteiger partial charge in [0.15, 0.2) is 0 Å². The highest BCUT2D eigenvalue weighted by molar-refractivity contribution is 6.30. The molecule has 3 rings (SSSR count). The molecule has 0 saturated carbocycles. The van der Waals surface area contributed by atoms with Crippen molar-refractivity contribution in [1.82, 2.24) is 4.98 Å². The van der Waals surface area contributed by atoms with Gasteiger partial charge in [0.1, 0.15) is 5.75 Å². The first kappa shape index (κ1) is 14.4. The number of para-hydroxylation sites is 1. The summed E-state index contributed by atoms with van der Waals surface area (Å²) in [7, 11) is 1.58. The fraction of sp³-hybridized carbons (Fsp3) is 0.0588. The maximum Gasteiger partial charge on any atom is 0.347 e. The molecule has 0 aliphatic heterocycles. The van der Waals surface area contributed by atoms with E-state index in [1.54, 1.807) is 55.7 Å². The summed E-state index contributed by atoms with van der Waals surface area (Å²) in [6, 6.07) is 12.3. The fourth-order valence-corrected chi connectivity index (χ4v) is 2.28. The predicted molar refractivity (Wildman–Crippen MR) is 87.2 cm³/mol. The smallest absolute Gasteiger partial charge is 0.347 e. The molecule has 3 aromatic rings. The third-order valence-corrected chi connectivity index (χ3v) is 3.38. The quantitative estimate of drug-likeness (QED) is 0.733. The third-order valence-electron chi connectivity index (χ3n) is 3.15. The van der Waals surface area contributed by atoms with Crippen LogP contribution in [0.5, 0.6) is 5.75 Å². The van der Waals surface area contributed by atoms with Crippen molar-refractivity contribution in [3.8, 4) is 5.75 Å².